The molecule has 4 rings (SSSR count). The van der Waals surface area contributed by atoms with Crippen LogP contribution in [0, 0.1) is 10.1 Å². The third-order valence-corrected chi connectivity index (χ3v) is 4.96. The molecule has 0 spiro atoms. The Morgan fingerprint density at radius 2 is 1.88 bits per heavy atom. The summed E-state index contributed by atoms with van der Waals surface area (Å²) in [7, 11) is 3.04. The molecule has 0 fully saturated rings. The van der Waals surface area contributed by atoms with E-state index in [1.54, 1.807) is 49.9 Å². The molecule has 0 unspecified atom stereocenters. The second-order valence-electron chi connectivity index (χ2n) is 7.06. The third kappa shape index (κ3) is 5.26. The van der Waals surface area contributed by atoms with E-state index in [4.69, 9.17) is 9.47 Å². The number of imidazole rings is 1. The monoisotopic (exact) mass is 453 g/mol. The lowest BCUT2D eigenvalue weighted by molar-refractivity contribution is -0.384. The number of non-ortho nitro benzene ring substituents is 1. The van der Waals surface area contributed by atoms with Crippen LogP contribution >= 0.6 is 0 Å². The highest BCUT2D eigenvalue weighted by Gasteiger charge is 2.28. The molecule has 11 nitrogen and oxygen atoms in total. The van der Waals surface area contributed by atoms with Crippen molar-refractivity contribution in [2.75, 3.05) is 14.2 Å². The van der Waals surface area contributed by atoms with Crippen molar-refractivity contribution >= 4 is 17.5 Å². The first kappa shape index (κ1) is 23.3. The molecule has 0 bridgehead atoms. The van der Waals surface area contributed by atoms with E-state index in [1.165, 1.54) is 26.4 Å². The molecule has 0 saturated carbocycles. The largest absolute Gasteiger partial charge is 0.493 e. The zero-order valence-electron chi connectivity index (χ0n) is 18.3. The third-order valence-electron chi connectivity index (χ3n) is 4.96. The van der Waals surface area contributed by atoms with Crippen LogP contribution in [-0.2, 0) is 6.42 Å². The van der Waals surface area contributed by atoms with Gasteiger partial charge in [-0.1, -0.05) is 0 Å². The Morgan fingerprint density at radius 3 is 2.36 bits per heavy atom. The number of nitro groups is 1. The minimum absolute atomic E-state index is 0.0611. The molecule has 1 aromatic heterocycles. The zero-order chi connectivity index (χ0) is 24.0. The van der Waals surface area contributed by atoms with Crippen LogP contribution in [0.5, 0.6) is 11.5 Å². The second kappa shape index (κ2) is 10.3. The smallest absolute Gasteiger partial charge is 0.428 e. The maximum Gasteiger partial charge on any atom is 0.428 e. The van der Waals surface area contributed by atoms with Gasteiger partial charge in [-0.2, -0.15) is 10.1 Å². The van der Waals surface area contributed by atoms with Gasteiger partial charge in [0.2, 0.25) is 0 Å². The summed E-state index contributed by atoms with van der Waals surface area (Å²) in [4.78, 5) is 28.6. The summed E-state index contributed by atoms with van der Waals surface area (Å²) in [5, 5.41) is 25.9. The molecule has 2 N–H and O–H groups in total. The van der Waals surface area contributed by atoms with Crippen molar-refractivity contribution in [1.29, 1.82) is 0 Å². The quantitative estimate of drug-likeness (QED) is 0.453. The van der Waals surface area contributed by atoms with Crippen LogP contribution in [0.1, 0.15) is 23.6 Å². The molecule has 1 atom stereocenters. The van der Waals surface area contributed by atoms with E-state index in [1.807, 2.05) is 0 Å². The molecule has 11 heteroatoms. The molecule has 2 aromatic carbocycles. The number of H-pyrrole nitrogens is 1. The minimum atomic E-state index is -1.18. The lowest BCUT2D eigenvalue weighted by Crippen LogP contribution is -2.34. The summed E-state index contributed by atoms with van der Waals surface area (Å²) >= 11 is 0. The van der Waals surface area contributed by atoms with E-state index in [0.29, 0.717) is 34.8 Å². The number of aromatic amines is 1. The molecule has 0 saturated heterocycles. The Hall–Kier alpha value is -4.41. The first-order valence-corrected chi connectivity index (χ1v) is 9.89. The molecule has 1 aliphatic heterocycles. The van der Waals surface area contributed by atoms with Gasteiger partial charge in [-0.05, 0) is 43.2 Å². The number of carbonyl (C=O) groups is 1. The molecule has 2 heterocycles. The summed E-state index contributed by atoms with van der Waals surface area (Å²) < 4.78 is 10.7. The maximum absolute atomic E-state index is 11.7. The number of amides is 1. The van der Waals surface area contributed by atoms with Crippen LogP contribution in [-0.4, -0.2) is 57.1 Å². The number of hydrogen-bond acceptors (Lipinski definition) is 7. The van der Waals surface area contributed by atoms with Crippen LogP contribution in [0.25, 0.3) is 0 Å². The Labute approximate surface area is 189 Å². The van der Waals surface area contributed by atoms with Crippen molar-refractivity contribution < 1.29 is 24.3 Å². The number of nitro benzene ring substituents is 1. The highest BCUT2D eigenvalue weighted by atomic mass is 16.6. The van der Waals surface area contributed by atoms with Crippen molar-refractivity contribution in [3.05, 3.63) is 81.9 Å². The lowest BCUT2D eigenvalue weighted by Gasteiger charge is -2.19. The number of hydrazone groups is 1. The Kier molecular flexibility index (Phi) is 7.24. The van der Waals surface area contributed by atoms with Crippen molar-refractivity contribution in [2.45, 2.75) is 19.4 Å². The van der Waals surface area contributed by atoms with Gasteiger partial charge in [0.05, 0.1) is 37.2 Å². The Balaban J connectivity index is 0.000000541. The van der Waals surface area contributed by atoms with E-state index in [-0.39, 0.29) is 5.69 Å². The van der Waals surface area contributed by atoms with E-state index < -0.39 is 17.1 Å². The number of rotatable bonds is 4. The average molecular weight is 453 g/mol. The first-order chi connectivity index (χ1) is 15.8. The number of methoxy groups -OCH3 is 2. The fourth-order valence-corrected chi connectivity index (χ4v) is 3.38. The lowest BCUT2D eigenvalue weighted by atomic mass is 9.94. The zero-order valence-corrected chi connectivity index (χ0v) is 18.3. The number of ether oxygens (including phenoxy) is 2. The van der Waals surface area contributed by atoms with Gasteiger partial charge in [-0.25, -0.2) is 9.78 Å². The van der Waals surface area contributed by atoms with Crippen molar-refractivity contribution in [2.24, 2.45) is 5.10 Å². The Morgan fingerprint density at radius 1 is 1.21 bits per heavy atom. The second-order valence-corrected chi connectivity index (χ2v) is 7.06. The molecule has 172 valence electrons. The van der Waals surface area contributed by atoms with E-state index in [9.17, 15) is 20.0 Å². The summed E-state index contributed by atoms with van der Waals surface area (Å²) in [6, 6.07) is 8.95. The molecule has 3 aromatic rings. The van der Waals surface area contributed by atoms with Crippen LogP contribution in [0.2, 0.25) is 0 Å². The highest BCUT2D eigenvalue weighted by molar-refractivity contribution is 6.14. The fourth-order valence-electron chi connectivity index (χ4n) is 3.38. The topological polar surface area (TPSA) is 143 Å². The van der Waals surface area contributed by atoms with E-state index in [0.717, 1.165) is 10.6 Å². The number of nitrogens with one attached hydrogen (secondary N) is 1. The number of fused-ring (bicyclic) bond motifs is 1. The van der Waals surface area contributed by atoms with Crippen LogP contribution in [0.4, 0.5) is 10.5 Å². The number of nitrogens with zero attached hydrogens (tertiary/aromatic N) is 4. The average Bonchev–Trinajstić information content (AvgIpc) is 3.36. The van der Waals surface area contributed by atoms with Gasteiger partial charge in [-0.3, -0.25) is 10.1 Å². The van der Waals surface area contributed by atoms with Crippen LogP contribution in [0.15, 0.2) is 60.2 Å². The first-order valence-electron chi connectivity index (χ1n) is 9.89. The van der Waals surface area contributed by atoms with Gasteiger partial charge in [0.25, 0.3) is 5.69 Å². The van der Waals surface area contributed by atoms with E-state index >= 15 is 0 Å². The molecule has 33 heavy (non-hydrogen) atoms. The summed E-state index contributed by atoms with van der Waals surface area (Å²) in [6.45, 7) is 1.76. The molecule has 0 aliphatic carbocycles. The number of carboxylic acid groups (broad SMARTS) is 1. The van der Waals surface area contributed by atoms with Crippen LogP contribution in [0.3, 0.4) is 0 Å². The van der Waals surface area contributed by atoms with Gasteiger partial charge in [0.1, 0.15) is 0 Å². The summed E-state index contributed by atoms with van der Waals surface area (Å²) in [6.07, 6.45) is 4.32. The van der Waals surface area contributed by atoms with Gasteiger partial charge >= 0.3 is 6.09 Å². The summed E-state index contributed by atoms with van der Waals surface area (Å²) in [5.41, 5.74) is 2.40. The number of hydrogen-bond donors (Lipinski definition) is 2. The maximum atomic E-state index is 11.7. The molecule has 0 radical (unpaired) electrons. The van der Waals surface area contributed by atoms with Crippen LogP contribution < -0.4 is 9.47 Å². The molecule has 1 aliphatic rings. The van der Waals surface area contributed by atoms with Crippen molar-refractivity contribution in [1.82, 2.24) is 15.0 Å². The Bertz CT molecular complexity index is 1130. The minimum Gasteiger partial charge on any atom is -0.493 e. The predicted octanol–water partition coefficient (Wildman–Crippen LogP) is 3.70. The van der Waals surface area contributed by atoms with Crippen molar-refractivity contribution in [3.63, 3.8) is 0 Å². The number of aromatic nitrogens is 2. The normalized spacial score (nSPS) is 14.7. The SMILES string of the molecule is COc1cc2c(cc1OC)C(c1ccc([N+](=O)[O-])cc1)=NN(C(=O)O)[C@H](C)C2.c1c[nH]cn1. The van der Waals surface area contributed by atoms with Gasteiger partial charge in [0.15, 0.2) is 11.5 Å². The van der Waals surface area contributed by atoms with Gasteiger partial charge < -0.3 is 19.6 Å². The molecular weight excluding hydrogens is 430 g/mol. The highest BCUT2D eigenvalue weighted by Crippen LogP contribution is 2.34. The predicted molar refractivity (Wildman–Crippen MR) is 120 cm³/mol. The standard InChI is InChI=1S/C19H19N3O6.C3H4N2/c1-11-8-13-9-16(27-2)17(28-3)10-15(13)18(20-21(11)19(23)24)12-4-6-14(7-5-12)22(25)26;1-2-5-3-4-1/h4-7,9-11H,8H2,1-3H3,(H,23,24);1-3H,(H,4,5)/t11-;/m1./s1. The number of benzene rings is 2. The summed E-state index contributed by atoms with van der Waals surface area (Å²) in [5.74, 6) is 1.01. The van der Waals surface area contributed by atoms with Gasteiger partial charge in [0, 0.05) is 35.7 Å². The molecule has 1 amide bonds. The molecular formula is C22H23N5O6. The van der Waals surface area contributed by atoms with E-state index in [2.05, 4.69) is 15.1 Å². The fraction of sp³-hybridized carbons (Fsp3) is 0.227. The van der Waals surface area contributed by atoms with Crippen molar-refractivity contribution in [3.8, 4) is 11.5 Å². The van der Waals surface area contributed by atoms with Gasteiger partial charge in [-0.15, -0.1) is 0 Å².